The molecule has 6 nitrogen and oxygen atoms in total. The second-order valence-electron chi connectivity index (χ2n) is 5.40. The molecule has 0 aromatic carbocycles. The monoisotopic (exact) mass is 299 g/mol. The number of hydrogen-bond acceptors (Lipinski definition) is 5. The zero-order valence-electron chi connectivity index (χ0n) is 12.9. The first-order chi connectivity index (χ1) is 10.6. The van der Waals surface area contributed by atoms with E-state index in [-0.39, 0.29) is 5.91 Å². The van der Waals surface area contributed by atoms with Crippen molar-refractivity contribution in [3.05, 3.63) is 48.2 Å². The number of nitrogens with one attached hydrogen (secondary N) is 2. The Morgan fingerprint density at radius 3 is 2.82 bits per heavy atom. The maximum atomic E-state index is 12.1. The lowest BCUT2D eigenvalue weighted by molar-refractivity contribution is 0.0945. The molecule has 0 aliphatic heterocycles. The SMILES string of the molecule is CC(C)CCNc1cc(C(=O)NCc2ccccn2)ncn1. The molecule has 1 amide bonds. The third kappa shape index (κ3) is 5.12. The van der Waals surface area contributed by atoms with Crippen molar-refractivity contribution < 1.29 is 4.79 Å². The number of carbonyl (C=O) groups is 1. The van der Waals surface area contributed by atoms with Crippen LogP contribution >= 0.6 is 0 Å². The first kappa shape index (κ1) is 15.9. The highest BCUT2D eigenvalue weighted by atomic mass is 16.1. The molecule has 0 fully saturated rings. The first-order valence-electron chi connectivity index (χ1n) is 7.39. The van der Waals surface area contributed by atoms with Crippen molar-refractivity contribution in [3.8, 4) is 0 Å². The van der Waals surface area contributed by atoms with Crippen LogP contribution in [0.5, 0.6) is 0 Å². The molecule has 0 bridgehead atoms. The second-order valence-corrected chi connectivity index (χ2v) is 5.40. The second kappa shape index (κ2) is 8.07. The summed E-state index contributed by atoms with van der Waals surface area (Å²) in [5.41, 5.74) is 1.15. The van der Waals surface area contributed by atoms with Gasteiger partial charge in [-0.1, -0.05) is 19.9 Å². The summed E-state index contributed by atoms with van der Waals surface area (Å²) < 4.78 is 0. The van der Waals surface area contributed by atoms with E-state index in [1.54, 1.807) is 12.3 Å². The van der Waals surface area contributed by atoms with E-state index in [1.807, 2.05) is 18.2 Å². The van der Waals surface area contributed by atoms with E-state index < -0.39 is 0 Å². The van der Waals surface area contributed by atoms with Crippen LogP contribution in [0.25, 0.3) is 0 Å². The Labute approximate surface area is 130 Å². The Morgan fingerprint density at radius 1 is 1.23 bits per heavy atom. The number of hydrogen-bond donors (Lipinski definition) is 2. The van der Waals surface area contributed by atoms with Gasteiger partial charge in [-0.2, -0.15) is 0 Å². The molecule has 22 heavy (non-hydrogen) atoms. The zero-order chi connectivity index (χ0) is 15.8. The summed E-state index contributed by atoms with van der Waals surface area (Å²) in [6, 6.07) is 7.24. The fourth-order valence-electron chi connectivity index (χ4n) is 1.83. The number of aromatic nitrogens is 3. The smallest absolute Gasteiger partial charge is 0.270 e. The fourth-order valence-corrected chi connectivity index (χ4v) is 1.83. The molecule has 2 heterocycles. The van der Waals surface area contributed by atoms with Gasteiger partial charge in [-0.05, 0) is 24.5 Å². The molecular weight excluding hydrogens is 278 g/mol. The molecule has 116 valence electrons. The molecule has 2 N–H and O–H groups in total. The third-order valence-electron chi connectivity index (χ3n) is 3.08. The van der Waals surface area contributed by atoms with Gasteiger partial charge in [0, 0.05) is 18.8 Å². The van der Waals surface area contributed by atoms with Crippen LogP contribution in [-0.2, 0) is 6.54 Å². The van der Waals surface area contributed by atoms with Crippen LogP contribution in [0.4, 0.5) is 5.82 Å². The van der Waals surface area contributed by atoms with E-state index in [9.17, 15) is 4.79 Å². The molecule has 0 saturated heterocycles. The lowest BCUT2D eigenvalue weighted by Crippen LogP contribution is -2.24. The van der Waals surface area contributed by atoms with E-state index >= 15 is 0 Å². The standard InChI is InChI=1S/C16H21N5O/c1-12(2)6-8-18-15-9-14(20-11-21-15)16(22)19-10-13-5-3-4-7-17-13/h3-5,7,9,11-12H,6,8,10H2,1-2H3,(H,19,22)(H,18,20,21). The van der Waals surface area contributed by atoms with Crippen LogP contribution in [0.15, 0.2) is 36.8 Å². The van der Waals surface area contributed by atoms with Crippen LogP contribution in [0.3, 0.4) is 0 Å². The maximum Gasteiger partial charge on any atom is 0.270 e. The van der Waals surface area contributed by atoms with Crippen molar-refractivity contribution in [3.63, 3.8) is 0 Å². The predicted molar refractivity (Wildman–Crippen MR) is 85.4 cm³/mol. The number of amides is 1. The molecule has 2 aromatic rings. The van der Waals surface area contributed by atoms with E-state index in [0.29, 0.717) is 24.0 Å². The quantitative estimate of drug-likeness (QED) is 0.819. The lowest BCUT2D eigenvalue weighted by Gasteiger charge is -2.08. The summed E-state index contributed by atoms with van der Waals surface area (Å²) in [6.07, 6.45) is 4.14. The minimum absolute atomic E-state index is 0.236. The van der Waals surface area contributed by atoms with E-state index in [0.717, 1.165) is 18.7 Å². The Balaban J connectivity index is 1.89. The van der Waals surface area contributed by atoms with E-state index in [2.05, 4.69) is 39.4 Å². The number of pyridine rings is 1. The Bertz CT molecular complexity index is 600. The zero-order valence-corrected chi connectivity index (χ0v) is 12.9. The van der Waals surface area contributed by atoms with Crippen LogP contribution < -0.4 is 10.6 Å². The lowest BCUT2D eigenvalue weighted by atomic mass is 10.1. The largest absolute Gasteiger partial charge is 0.370 e. The summed E-state index contributed by atoms with van der Waals surface area (Å²) in [6.45, 7) is 5.53. The highest BCUT2D eigenvalue weighted by Crippen LogP contribution is 2.06. The molecule has 2 aromatic heterocycles. The molecule has 0 spiro atoms. The highest BCUT2D eigenvalue weighted by molar-refractivity contribution is 5.92. The van der Waals surface area contributed by atoms with Gasteiger partial charge in [0.25, 0.3) is 5.91 Å². The van der Waals surface area contributed by atoms with E-state index in [1.165, 1.54) is 6.33 Å². The summed E-state index contributed by atoms with van der Waals surface area (Å²) in [7, 11) is 0. The molecule has 0 aliphatic rings. The number of rotatable bonds is 7. The average molecular weight is 299 g/mol. The molecule has 0 unspecified atom stereocenters. The fraction of sp³-hybridized carbons (Fsp3) is 0.375. The Hall–Kier alpha value is -2.50. The van der Waals surface area contributed by atoms with Crippen molar-refractivity contribution in [2.45, 2.75) is 26.8 Å². The molecular formula is C16H21N5O. The minimum atomic E-state index is -0.236. The van der Waals surface area contributed by atoms with Crippen molar-refractivity contribution in [2.24, 2.45) is 5.92 Å². The molecule has 2 rings (SSSR count). The summed E-state index contributed by atoms with van der Waals surface area (Å²) in [5.74, 6) is 1.05. The summed E-state index contributed by atoms with van der Waals surface area (Å²) in [5, 5.41) is 6.00. The molecule has 0 aliphatic carbocycles. The van der Waals surface area contributed by atoms with Gasteiger partial charge >= 0.3 is 0 Å². The molecule has 0 saturated carbocycles. The number of nitrogens with zero attached hydrogens (tertiary/aromatic N) is 3. The topological polar surface area (TPSA) is 79.8 Å². The summed E-state index contributed by atoms with van der Waals surface area (Å²) in [4.78, 5) is 24.4. The highest BCUT2D eigenvalue weighted by Gasteiger charge is 2.08. The van der Waals surface area contributed by atoms with Gasteiger partial charge in [0.15, 0.2) is 0 Å². The number of anilines is 1. The van der Waals surface area contributed by atoms with Crippen molar-refractivity contribution in [2.75, 3.05) is 11.9 Å². The van der Waals surface area contributed by atoms with Gasteiger partial charge < -0.3 is 10.6 Å². The van der Waals surface area contributed by atoms with Crippen molar-refractivity contribution in [1.82, 2.24) is 20.3 Å². The van der Waals surface area contributed by atoms with Crippen LogP contribution in [0.1, 0.15) is 36.5 Å². The summed E-state index contributed by atoms with van der Waals surface area (Å²) >= 11 is 0. The molecule has 0 atom stereocenters. The van der Waals surface area contributed by atoms with Crippen LogP contribution in [-0.4, -0.2) is 27.4 Å². The normalized spacial score (nSPS) is 10.5. The Kier molecular flexibility index (Phi) is 5.82. The van der Waals surface area contributed by atoms with E-state index in [4.69, 9.17) is 0 Å². The minimum Gasteiger partial charge on any atom is -0.370 e. The van der Waals surface area contributed by atoms with Gasteiger partial charge in [-0.3, -0.25) is 9.78 Å². The van der Waals surface area contributed by atoms with Gasteiger partial charge in [0.1, 0.15) is 17.8 Å². The first-order valence-corrected chi connectivity index (χ1v) is 7.39. The third-order valence-corrected chi connectivity index (χ3v) is 3.08. The van der Waals surface area contributed by atoms with Gasteiger partial charge in [0.05, 0.1) is 12.2 Å². The van der Waals surface area contributed by atoms with Crippen LogP contribution in [0.2, 0.25) is 0 Å². The van der Waals surface area contributed by atoms with Gasteiger partial charge in [0.2, 0.25) is 0 Å². The van der Waals surface area contributed by atoms with Gasteiger partial charge in [-0.25, -0.2) is 9.97 Å². The number of carbonyl (C=O) groups excluding carboxylic acids is 1. The maximum absolute atomic E-state index is 12.1. The van der Waals surface area contributed by atoms with Crippen molar-refractivity contribution >= 4 is 11.7 Å². The van der Waals surface area contributed by atoms with Crippen molar-refractivity contribution in [1.29, 1.82) is 0 Å². The predicted octanol–water partition coefficient (Wildman–Crippen LogP) is 2.26. The molecule has 0 radical (unpaired) electrons. The van der Waals surface area contributed by atoms with Crippen LogP contribution in [0, 0.1) is 5.92 Å². The average Bonchev–Trinajstić information content (AvgIpc) is 2.53. The molecule has 6 heteroatoms. The Morgan fingerprint density at radius 2 is 2.09 bits per heavy atom. The van der Waals surface area contributed by atoms with Gasteiger partial charge in [-0.15, -0.1) is 0 Å².